The number of aromatic nitrogens is 1. The van der Waals surface area contributed by atoms with Crippen LogP contribution in [0, 0.1) is 0 Å². The van der Waals surface area contributed by atoms with Crippen LogP contribution in [-0.2, 0) is 17.3 Å². The van der Waals surface area contributed by atoms with E-state index in [0.29, 0.717) is 17.3 Å². The van der Waals surface area contributed by atoms with Crippen molar-refractivity contribution in [3.63, 3.8) is 0 Å². The minimum absolute atomic E-state index is 0. The predicted molar refractivity (Wildman–Crippen MR) is 119 cm³/mol. The van der Waals surface area contributed by atoms with E-state index in [0.717, 1.165) is 25.7 Å². The van der Waals surface area contributed by atoms with Crippen LogP contribution in [0.15, 0.2) is 23.3 Å². The molecule has 1 aliphatic rings. The number of hydrogen-bond acceptors (Lipinski definition) is 4. The molecule has 1 heterocycles. The van der Waals surface area contributed by atoms with Crippen LogP contribution in [0.2, 0.25) is 0 Å². The summed E-state index contributed by atoms with van der Waals surface area (Å²) in [6.07, 6.45) is 0.719. The van der Waals surface area contributed by atoms with Crippen LogP contribution in [-0.4, -0.2) is 52.0 Å². The van der Waals surface area contributed by atoms with Crippen molar-refractivity contribution in [1.29, 1.82) is 0 Å². The van der Waals surface area contributed by atoms with Crippen LogP contribution in [0.25, 0.3) is 0 Å². The van der Waals surface area contributed by atoms with E-state index in [1.165, 1.54) is 6.20 Å². The molecule has 6 nitrogen and oxygen atoms in total. The van der Waals surface area contributed by atoms with Crippen LogP contribution in [0.3, 0.4) is 0 Å². The summed E-state index contributed by atoms with van der Waals surface area (Å²) < 4.78 is 54.1. The summed E-state index contributed by atoms with van der Waals surface area (Å²) in [4.78, 5) is 8.06. The van der Waals surface area contributed by atoms with Gasteiger partial charge < -0.3 is 15.4 Å². The molecule has 1 saturated carbocycles. The van der Waals surface area contributed by atoms with Crippen LogP contribution in [0.4, 0.5) is 13.2 Å². The summed E-state index contributed by atoms with van der Waals surface area (Å²) >= 11 is 0. The molecule has 29 heavy (non-hydrogen) atoms. The zero-order valence-electron chi connectivity index (χ0n) is 16.5. The van der Waals surface area contributed by atoms with Crippen molar-refractivity contribution in [1.82, 2.24) is 15.6 Å². The Morgan fingerprint density at radius 2 is 2.17 bits per heavy atom. The molecule has 166 valence electrons. The van der Waals surface area contributed by atoms with E-state index in [2.05, 4.69) is 20.6 Å². The lowest BCUT2D eigenvalue weighted by Gasteiger charge is -2.30. The second-order valence-corrected chi connectivity index (χ2v) is 8.60. The molecule has 1 fully saturated rings. The van der Waals surface area contributed by atoms with Crippen molar-refractivity contribution < 1.29 is 22.1 Å². The van der Waals surface area contributed by atoms with E-state index in [1.807, 2.05) is 6.92 Å². The number of nitrogens with one attached hydrogen (secondary N) is 2. The maximum atomic E-state index is 12.4. The van der Waals surface area contributed by atoms with Crippen molar-refractivity contribution in [2.24, 2.45) is 4.99 Å². The quantitative estimate of drug-likeness (QED) is 0.311. The van der Waals surface area contributed by atoms with Crippen molar-refractivity contribution in [2.45, 2.75) is 56.6 Å². The van der Waals surface area contributed by atoms with Crippen LogP contribution < -0.4 is 15.4 Å². The number of guanidine groups is 1. The van der Waals surface area contributed by atoms with Gasteiger partial charge in [-0.2, -0.15) is 13.2 Å². The maximum Gasteiger partial charge on any atom is 0.422 e. The maximum absolute atomic E-state index is 12.4. The summed E-state index contributed by atoms with van der Waals surface area (Å²) in [6.45, 7) is 0.764. The topological polar surface area (TPSA) is 75.6 Å². The Bertz CT molecular complexity index is 691. The molecular formula is C18H28F3IN4O2S. The van der Waals surface area contributed by atoms with Crippen LogP contribution in [0.5, 0.6) is 5.88 Å². The third-order valence-electron chi connectivity index (χ3n) is 4.52. The van der Waals surface area contributed by atoms with Crippen molar-refractivity contribution in [3.8, 4) is 5.88 Å². The SMILES string of the molecule is CCS(=O)C1CCCC(NC(=NC)NCc2cccnc2OCC(F)(F)F)C1.I. The van der Waals surface area contributed by atoms with Gasteiger partial charge in [0.25, 0.3) is 0 Å². The Labute approximate surface area is 189 Å². The van der Waals surface area contributed by atoms with E-state index in [4.69, 9.17) is 4.74 Å². The molecule has 1 aliphatic carbocycles. The average Bonchev–Trinajstić information content (AvgIpc) is 2.69. The molecule has 1 aromatic rings. The van der Waals surface area contributed by atoms with Gasteiger partial charge in [-0.15, -0.1) is 24.0 Å². The Morgan fingerprint density at radius 3 is 2.83 bits per heavy atom. The lowest BCUT2D eigenvalue weighted by atomic mass is 9.95. The largest absolute Gasteiger partial charge is 0.468 e. The first-order valence-electron chi connectivity index (χ1n) is 9.30. The summed E-state index contributed by atoms with van der Waals surface area (Å²) in [7, 11) is 0.815. The first-order valence-corrected chi connectivity index (χ1v) is 10.7. The Hall–Kier alpha value is -1.11. The monoisotopic (exact) mass is 548 g/mol. The molecular weight excluding hydrogens is 520 g/mol. The highest BCUT2D eigenvalue weighted by molar-refractivity contribution is 14.0. The molecule has 0 aromatic carbocycles. The van der Waals surface area contributed by atoms with E-state index in [9.17, 15) is 17.4 Å². The second kappa shape index (κ2) is 12.6. The van der Waals surface area contributed by atoms with E-state index < -0.39 is 23.6 Å². The van der Waals surface area contributed by atoms with Gasteiger partial charge in [-0.3, -0.25) is 9.20 Å². The number of rotatable bonds is 7. The zero-order chi connectivity index (χ0) is 20.6. The molecule has 3 unspecified atom stereocenters. The predicted octanol–water partition coefficient (Wildman–Crippen LogP) is 3.39. The number of aliphatic imine (C=N–C) groups is 1. The third kappa shape index (κ3) is 9.06. The number of hydrogen-bond donors (Lipinski definition) is 2. The van der Waals surface area contributed by atoms with Crippen molar-refractivity contribution in [3.05, 3.63) is 23.9 Å². The zero-order valence-corrected chi connectivity index (χ0v) is 19.6. The molecule has 2 N–H and O–H groups in total. The fraction of sp³-hybridized carbons (Fsp3) is 0.667. The minimum Gasteiger partial charge on any atom is -0.468 e. The summed E-state index contributed by atoms with van der Waals surface area (Å²) in [6, 6.07) is 3.45. The van der Waals surface area contributed by atoms with E-state index in [1.54, 1.807) is 19.2 Å². The fourth-order valence-corrected chi connectivity index (χ4v) is 4.50. The highest BCUT2D eigenvalue weighted by atomic mass is 127. The number of alkyl halides is 3. The molecule has 2 rings (SSSR count). The number of pyridine rings is 1. The van der Waals surface area contributed by atoms with Gasteiger partial charge in [0.1, 0.15) is 0 Å². The molecule has 3 atom stereocenters. The van der Waals surface area contributed by atoms with Crippen molar-refractivity contribution >= 4 is 40.7 Å². The normalized spacial score (nSPS) is 21.1. The summed E-state index contributed by atoms with van der Waals surface area (Å²) in [5.41, 5.74) is 0.503. The second-order valence-electron chi connectivity index (χ2n) is 6.60. The number of halogens is 4. The van der Waals surface area contributed by atoms with Gasteiger partial charge in [0.15, 0.2) is 12.6 Å². The fourth-order valence-electron chi connectivity index (χ4n) is 3.16. The highest BCUT2D eigenvalue weighted by Gasteiger charge is 2.29. The first kappa shape index (κ1) is 25.9. The minimum atomic E-state index is -4.42. The van der Waals surface area contributed by atoms with Crippen molar-refractivity contribution in [2.75, 3.05) is 19.4 Å². The highest BCUT2D eigenvalue weighted by Crippen LogP contribution is 2.23. The van der Waals surface area contributed by atoms with Crippen LogP contribution >= 0.6 is 24.0 Å². The molecule has 0 bridgehead atoms. The lowest BCUT2D eigenvalue weighted by Crippen LogP contribution is -2.46. The van der Waals surface area contributed by atoms with Gasteiger partial charge in [0, 0.05) is 53.2 Å². The van der Waals surface area contributed by atoms with Gasteiger partial charge in [0.05, 0.1) is 0 Å². The Morgan fingerprint density at radius 1 is 1.41 bits per heavy atom. The third-order valence-corrected chi connectivity index (χ3v) is 6.26. The van der Waals surface area contributed by atoms with E-state index >= 15 is 0 Å². The smallest absolute Gasteiger partial charge is 0.422 e. The number of nitrogens with zero attached hydrogens (tertiary/aromatic N) is 2. The molecule has 0 aliphatic heterocycles. The van der Waals surface area contributed by atoms with Gasteiger partial charge in [-0.1, -0.05) is 19.4 Å². The summed E-state index contributed by atoms with van der Waals surface area (Å²) in [5.74, 6) is 1.14. The molecule has 0 radical (unpaired) electrons. The molecule has 11 heteroatoms. The van der Waals surface area contributed by atoms with E-state index in [-0.39, 0.29) is 47.7 Å². The summed E-state index contributed by atoms with van der Waals surface area (Å²) in [5, 5.41) is 6.60. The van der Waals surface area contributed by atoms with Gasteiger partial charge in [-0.05, 0) is 25.3 Å². The lowest BCUT2D eigenvalue weighted by molar-refractivity contribution is -0.154. The van der Waals surface area contributed by atoms with Gasteiger partial charge in [-0.25, -0.2) is 4.98 Å². The molecule has 1 aromatic heterocycles. The average molecular weight is 548 g/mol. The first-order chi connectivity index (χ1) is 13.3. The standard InChI is InChI=1S/C18H27F3N4O2S.HI/c1-3-28(26)15-8-4-7-14(10-15)25-17(22-2)24-11-13-6-5-9-23-16(13)27-12-18(19,20)21;/h5-6,9,14-15H,3-4,7-8,10-12H2,1-2H3,(H2,22,24,25);1H. The molecule has 0 spiro atoms. The van der Waals surface area contributed by atoms with Crippen LogP contribution in [0.1, 0.15) is 38.2 Å². The Kier molecular flexibility index (Phi) is 11.2. The Balaban J connectivity index is 0.00000420. The van der Waals surface area contributed by atoms with Gasteiger partial charge >= 0.3 is 6.18 Å². The number of ether oxygens (including phenoxy) is 1. The molecule has 0 amide bonds. The van der Waals surface area contributed by atoms with Gasteiger partial charge in [0.2, 0.25) is 5.88 Å². The molecule has 0 saturated heterocycles.